The fourth-order valence-corrected chi connectivity index (χ4v) is 7.29. The molecule has 0 radical (unpaired) electrons. The Balaban J connectivity index is 0.798. The summed E-state index contributed by atoms with van der Waals surface area (Å²) in [5, 5.41) is 16.3. The number of anilines is 2. The summed E-state index contributed by atoms with van der Waals surface area (Å²) in [5.41, 5.74) is 3.87. The number of morpholine rings is 1. The van der Waals surface area contributed by atoms with Crippen molar-refractivity contribution in [3.8, 4) is 11.3 Å². The van der Waals surface area contributed by atoms with Crippen LogP contribution in [0.3, 0.4) is 0 Å². The molecule has 0 aromatic carbocycles. The second kappa shape index (κ2) is 13.1. The van der Waals surface area contributed by atoms with E-state index in [4.69, 9.17) is 14.7 Å². The van der Waals surface area contributed by atoms with Gasteiger partial charge in [0.2, 0.25) is 11.6 Å². The summed E-state index contributed by atoms with van der Waals surface area (Å²) >= 11 is 0. The van der Waals surface area contributed by atoms with Gasteiger partial charge in [-0.25, -0.2) is 24.6 Å². The molecule has 4 aromatic heterocycles. The molecule has 244 valence electrons. The average Bonchev–Trinajstić information content (AvgIpc) is 3.69. The summed E-state index contributed by atoms with van der Waals surface area (Å²) in [4.78, 5) is 28.7. The number of nitrogens with one attached hydrogen (secondary N) is 1. The van der Waals surface area contributed by atoms with Gasteiger partial charge >= 0.3 is 0 Å². The van der Waals surface area contributed by atoms with Crippen LogP contribution in [0.15, 0.2) is 31.0 Å². The van der Waals surface area contributed by atoms with Crippen molar-refractivity contribution in [3.63, 3.8) is 0 Å². The lowest BCUT2D eigenvalue weighted by atomic mass is 9.93. The van der Waals surface area contributed by atoms with Gasteiger partial charge in [0.15, 0.2) is 5.65 Å². The van der Waals surface area contributed by atoms with E-state index in [0.717, 1.165) is 67.5 Å². The maximum atomic E-state index is 6.09. The summed E-state index contributed by atoms with van der Waals surface area (Å²) in [6, 6.07) is 0. The van der Waals surface area contributed by atoms with Crippen molar-refractivity contribution in [2.75, 3.05) is 94.9 Å². The molecule has 0 amide bonds. The Morgan fingerprint density at radius 3 is 2.39 bits per heavy atom. The van der Waals surface area contributed by atoms with E-state index in [9.17, 15) is 0 Å². The summed E-state index contributed by atoms with van der Waals surface area (Å²) in [5.74, 6) is 2.33. The largest absolute Gasteiger partial charge is 0.373 e. The minimum atomic E-state index is -0.0926. The van der Waals surface area contributed by atoms with Crippen LogP contribution >= 0.6 is 0 Å². The Morgan fingerprint density at radius 2 is 1.61 bits per heavy atom. The average molecular weight is 629 g/mol. The molecule has 4 fully saturated rings. The Bertz CT molecular complexity index is 1590. The van der Waals surface area contributed by atoms with E-state index in [0.29, 0.717) is 31.0 Å². The van der Waals surface area contributed by atoms with Gasteiger partial charge < -0.3 is 29.7 Å². The zero-order valence-electron chi connectivity index (χ0n) is 26.7. The molecule has 0 saturated carbocycles. The number of aromatic nitrogens is 9. The van der Waals surface area contributed by atoms with Crippen molar-refractivity contribution in [2.45, 2.75) is 25.5 Å². The first-order valence-corrected chi connectivity index (χ1v) is 16.8. The molecule has 46 heavy (non-hydrogen) atoms. The van der Waals surface area contributed by atoms with Crippen LogP contribution < -0.4 is 15.1 Å². The van der Waals surface area contributed by atoms with Gasteiger partial charge in [-0.2, -0.15) is 5.10 Å². The summed E-state index contributed by atoms with van der Waals surface area (Å²) in [6.45, 7) is 14.4. The molecule has 4 aromatic rings. The number of likely N-dealkylation sites (tertiary alicyclic amines) is 1. The molecule has 4 aliphatic rings. The molecule has 8 rings (SSSR count). The van der Waals surface area contributed by atoms with Gasteiger partial charge in [-0.15, -0.1) is 5.10 Å². The van der Waals surface area contributed by atoms with E-state index >= 15 is 0 Å². The Labute approximate surface area is 268 Å². The van der Waals surface area contributed by atoms with Crippen LogP contribution in [-0.2, 0) is 18.3 Å². The quantitative estimate of drug-likeness (QED) is 0.274. The molecule has 15 nitrogen and oxygen atoms in total. The first-order valence-electron chi connectivity index (χ1n) is 16.8. The van der Waals surface area contributed by atoms with Gasteiger partial charge in [-0.05, 0) is 31.8 Å². The number of nitrogens with zero attached hydrogens (tertiary/aromatic N) is 13. The highest BCUT2D eigenvalue weighted by Crippen LogP contribution is 2.27. The van der Waals surface area contributed by atoms with Gasteiger partial charge in [-0.3, -0.25) is 4.68 Å². The molecular weight excluding hydrogens is 584 g/mol. The highest BCUT2D eigenvalue weighted by Gasteiger charge is 2.31. The molecule has 0 bridgehead atoms. The minimum Gasteiger partial charge on any atom is -0.373 e. The number of hydrogen-bond donors (Lipinski definition) is 1. The van der Waals surface area contributed by atoms with Gasteiger partial charge in [0.05, 0.1) is 55.4 Å². The maximum absolute atomic E-state index is 6.09. The fraction of sp³-hybridized carbons (Fsp3) is 0.645. The molecule has 4 aliphatic heterocycles. The summed E-state index contributed by atoms with van der Waals surface area (Å²) in [7, 11) is 1.87. The highest BCUT2D eigenvalue weighted by atomic mass is 16.5. The second-order valence-corrected chi connectivity index (χ2v) is 13.3. The second-order valence-electron chi connectivity index (χ2n) is 13.3. The fourth-order valence-electron chi connectivity index (χ4n) is 7.29. The van der Waals surface area contributed by atoms with Crippen molar-refractivity contribution in [2.24, 2.45) is 18.9 Å². The first kappa shape index (κ1) is 29.6. The van der Waals surface area contributed by atoms with E-state index in [-0.39, 0.29) is 6.10 Å². The van der Waals surface area contributed by atoms with E-state index in [2.05, 4.69) is 50.3 Å². The Hall–Kier alpha value is -3.79. The lowest BCUT2D eigenvalue weighted by Gasteiger charge is -2.44. The topological polar surface area (TPSA) is 134 Å². The summed E-state index contributed by atoms with van der Waals surface area (Å²) < 4.78 is 9.59. The third kappa shape index (κ3) is 6.54. The normalized spacial score (nSPS) is 22.5. The molecule has 0 spiro atoms. The molecule has 1 atom stereocenters. The van der Waals surface area contributed by atoms with Crippen LogP contribution in [0.1, 0.15) is 12.8 Å². The number of rotatable bonds is 9. The Kier molecular flexibility index (Phi) is 8.46. The third-order valence-corrected chi connectivity index (χ3v) is 9.92. The molecular formula is C31H44N14O. The minimum absolute atomic E-state index is 0.0926. The van der Waals surface area contributed by atoms with Gasteiger partial charge in [-0.1, -0.05) is 5.21 Å². The third-order valence-electron chi connectivity index (χ3n) is 9.92. The number of fused-ring (bicyclic) bond motifs is 1. The van der Waals surface area contributed by atoms with Crippen LogP contribution in [0.5, 0.6) is 0 Å². The Morgan fingerprint density at radius 1 is 0.826 bits per heavy atom. The molecule has 8 heterocycles. The van der Waals surface area contributed by atoms with Crippen molar-refractivity contribution in [3.05, 3.63) is 31.0 Å². The lowest BCUT2D eigenvalue weighted by molar-refractivity contribution is 0.0272. The smallest absolute Gasteiger partial charge is 0.225 e. The molecule has 4 saturated heterocycles. The SMILES string of the molecule is Cn1cc(-c2cnc3c(nnn3C[C@@H]3CN(c4ncc(N5CC(CN6CCC(CN7CCNCC7)CC6)C5)cn4)CCO3)n2)cn1. The van der Waals surface area contributed by atoms with Crippen molar-refractivity contribution in [1.29, 1.82) is 0 Å². The van der Waals surface area contributed by atoms with Gasteiger partial charge in [0.1, 0.15) is 0 Å². The zero-order valence-corrected chi connectivity index (χ0v) is 26.7. The van der Waals surface area contributed by atoms with E-state index in [1.165, 1.54) is 52.1 Å². The molecule has 1 N–H and O–H groups in total. The van der Waals surface area contributed by atoms with Crippen molar-refractivity contribution in [1.82, 2.24) is 59.8 Å². The predicted molar refractivity (Wildman–Crippen MR) is 173 cm³/mol. The van der Waals surface area contributed by atoms with Gasteiger partial charge in [0, 0.05) is 90.2 Å². The summed E-state index contributed by atoms with van der Waals surface area (Å²) in [6.07, 6.45) is 11.9. The van der Waals surface area contributed by atoms with E-state index < -0.39 is 0 Å². The van der Waals surface area contributed by atoms with Crippen LogP contribution in [-0.4, -0.2) is 146 Å². The molecule has 0 aliphatic carbocycles. The first-order chi connectivity index (χ1) is 22.6. The number of piperidine rings is 1. The number of piperazine rings is 1. The maximum Gasteiger partial charge on any atom is 0.225 e. The van der Waals surface area contributed by atoms with E-state index in [1.54, 1.807) is 21.8 Å². The standard InChI is InChI=1S/C31H44N14O/c1-40-20-25(12-36-40)28-15-33-30-29(37-28)38-39-45(30)22-27-21-43(10-11-46-27)31-34-13-26(14-35-31)44-18-24(19-44)17-41-6-2-23(3-7-41)16-42-8-4-32-5-9-42/h12-15,20,23-24,27,32H,2-11,16-19,21-22H2,1H3/t27-/m0/s1. The van der Waals surface area contributed by atoms with Crippen LogP contribution in [0, 0.1) is 11.8 Å². The highest BCUT2D eigenvalue weighted by molar-refractivity contribution is 5.69. The zero-order chi connectivity index (χ0) is 30.9. The monoisotopic (exact) mass is 628 g/mol. The lowest BCUT2D eigenvalue weighted by Crippen LogP contribution is -2.53. The number of hydrogen-bond acceptors (Lipinski definition) is 13. The molecule has 15 heteroatoms. The number of ether oxygens (including phenoxy) is 1. The van der Waals surface area contributed by atoms with Crippen LogP contribution in [0.2, 0.25) is 0 Å². The van der Waals surface area contributed by atoms with Crippen molar-refractivity contribution < 1.29 is 4.74 Å². The van der Waals surface area contributed by atoms with Crippen LogP contribution in [0.25, 0.3) is 22.6 Å². The predicted octanol–water partition coefficient (Wildman–Crippen LogP) is 0.371. The van der Waals surface area contributed by atoms with Gasteiger partial charge in [0.25, 0.3) is 0 Å². The number of aryl methyl sites for hydroxylation is 1. The van der Waals surface area contributed by atoms with Crippen molar-refractivity contribution >= 4 is 22.9 Å². The van der Waals surface area contributed by atoms with Crippen LogP contribution in [0.4, 0.5) is 11.6 Å². The van der Waals surface area contributed by atoms with E-state index in [1.807, 2.05) is 25.6 Å². The molecule has 0 unspecified atom stereocenters.